The van der Waals surface area contributed by atoms with E-state index in [4.69, 9.17) is 9.47 Å². The maximum Gasteiger partial charge on any atom is 0.416 e. The second-order valence-corrected chi connectivity index (χ2v) is 8.31. The normalized spacial score (nSPS) is 12.2. The highest BCUT2D eigenvalue weighted by atomic mass is 19.4. The van der Waals surface area contributed by atoms with E-state index in [-0.39, 0.29) is 22.8 Å². The van der Waals surface area contributed by atoms with Crippen molar-refractivity contribution in [2.75, 3.05) is 5.32 Å². The summed E-state index contributed by atoms with van der Waals surface area (Å²) in [7, 11) is 0. The van der Waals surface area contributed by atoms with Crippen LogP contribution < -0.4 is 14.8 Å². The van der Waals surface area contributed by atoms with Crippen molar-refractivity contribution in [1.82, 2.24) is 15.0 Å². The van der Waals surface area contributed by atoms with Gasteiger partial charge in [0.25, 0.3) is 0 Å². The predicted molar refractivity (Wildman–Crippen MR) is 126 cm³/mol. The fourth-order valence-electron chi connectivity index (χ4n) is 3.52. The van der Waals surface area contributed by atoms with Crippen molar-refractivity contribution in [2.45, 2.75) is 31.7 Å². The molecule has 0 radical (unpaired) electrons. The molecule has 0 spiro atoms. The third-order valence-corrected chi connectivity index (χ3v) is 5.42. The first kappa shape index (κ1) is 29.4. The second-order valence-electron chi connectivity index (χ2n) is 8.31. The van der Waals surface area contributed by atoms with Crippen LogP contribution in [0.1, 0.15) is 27.8 Å². The summed E-state index contributed by atoms with van der Waals surface area (Å²) >= 11 is 0. The van der Waals surface area contributed by atoms with Crippen molar-refractivity contribution in [2.24, 2.45) is 0 Å². The van der Waals surface area contributed by atoms with Crippen LogP contribution in [0.3, 0.4) is 0 Å². The molecule has 1 N–H and O–H groups in total. The number of hydrogen-bond donors (Lipinski definition) is 1. The van der Waals surface area contributed by atoms with Gasteiger partial charge >= 0.3 is 30.5 Å². The van der Waals surface area contributed by atoms with Gasteiger partial charge < -0.3 is 14.8 Å². The first-order valence-corrected chi connectivity index (χ1v) is 11.5. The van der Waals surface area contributed by atoms with E-state index in [0.717, 1.165) is 48.5 Å². The fraction of sp³-hybridized carbons (Fsp3) is 0.192. The van der Waals surface area contributed by atoms with Gasteiger partial charge in [0.15, 0.2) is 0 Å². The van der Waals surface area contributed by atoms with Crippen LogP contribution in [0.2, 0.25) is 0 Å². The van der Waals surface area contributed by atoms with Crippen molar-refractivity contribution >= 4 is 11.6 Å². The molecule has 0 amide bonds. The second kappa shape index (κ2) is 11.5. The van der Waals surface area contributed by atoms with E-state index < -0.39 is 60.5 Å². The Balaban J connectivity index is 1.61. The number of nitrogens with zero attached hydrogens (tertiary/aromatic N) is 3. The first-order valence-electron chi connectivity index (χ1n) is 11.5. The lowest BCUT2D eigenvalue weighted by Crippen LogP contribution is -2.13. The molecular formula is C26H17F9N4O2. The smallest absolute Gasteiger partial charge is 0.416 e. The van der Waals surface area contributed by atoms with E-state index in [1.807, 2.05) is 0 Å². The highest BCUT2D eigenvalue weighted by Crippen LogP contribution is 2.34. The Morgan fingerprint density at radius 2 is 0.976 bits per heavy atom. The van der Waals surface area contributed by atoms with E-state index in [9.17, 15) is 39.5 Å². The number of hydrogen-bond acceptors (Lipinski definition) is 6. The minimum absolute atomic E-state index is 0.0749. The Hall–Kier alpha value is -4.56. The number of nitrogens with one attached hydrogen (secondary N) is 1. The first-order chi connectivity index (χ1) is 19.2. The number of anilines is 2. The van der Waals surface area contributed by atoms with Crippen molar-refractivity contribution < 1.29 is 49.0 Å². The molecule has 216 valence electrons. The Labute approximate surface area is 225 Å². The number of alkyl halides is 9. The summed E-state index contributed by atoms with van der Waals surface area (Å²) in [6.07, 6.45) is -14.0. The minimum atomic E-state index is -4.69. The summed E-state index contributed by atoms with van der Waals surface area (Å²) in [5.74, 6) is -0.363. The Bertz CT molecular complexity index is 1410. The topological polar surface area (TPSA) is 69.2 Å². The fourth-order valence-corrected chi connectivity index (χ4v) is 3.52. The van der Waals surface area contributed by atoms with E-state index in [1.54, 1.807) is 0 Å². The van der Waals surface area contributed by atoms with E-state index in [2.05, 4.69) is 20.3 Å². The number of ether oxygens (including phenoxy) is 2. The monoisotopic (exact) mass is 588 g/mol. The summed E-state index contributed by atoms with van der Waals surface area (Å²) in [6.45, 7) is -1.31. The standard InChI is InChI=1S/C26H17F9N4O2/c27-24(28,29)17-9-11-18(12-10-17)36-21-37-22(40-13-15-5-1-3-7-19(15)25(30,31)32)39-23(38-21)41-14-16-6-2-4-8-20(16)26(33,34)35/h1-12H,13-14H2,(H,36,37,38,39). The minimum Gasteiger partial charge on any atom is -0.458 e. The average molecular weight is 588 g/mol. The molecule has 4 aromatic rings. The largest absolute Gasteiger partial charge is 0.458 e. The summed E-state index contributed by atoms with van der Waals surface area (Å²) in [5, 5.41) is 2.58. The lowest BCUT2D eigenvalue weighted by molar-refractivity contribution is -0.139. The molecule has 0 aliphatic heterocycles. The van der Waals surface area contributed by atoms with Gasteiger partial charge in [0.2, 0.25) is 5.95 Å². The lowest BCUT2D eigenvalue weighted by atomic mass is 10.1. The van der Waals surface area contributed by atoms with Crippen molar-refractivity contribution in [3.05, 3.63) is 101 Å². The molecule has 4 rings (SSSR count). The molecule has 0 fully saturated rings. The predicted octanol–water partition coefficient (Wildman–Crippen LogP) is 7.83. The zero-order valence-corrected chi connectivity index (χ0v) is 20.4. The molecule has 0 saturated heterocycles. The SMILES string of the molecule is FC(F)(F)c1ccc(Nc2nc(OCc3ccccc3C(F)(F)F)nc(OCc3ccccc3C(F)(F)F)n2)cc1. The third kappa shape index (κ3) is 7.77. The van der Waals surface area contributed by atoms with E-state index in [0.29, 0.717) is 0 Å². The van der Waals surface area contributed by atoms with Gasteiger partial charge in [-0.15, -0.1) is 4.98 Å². The highest BCUT2D eigenvalue weighted by molar-refractivity contribution is 5.54. The number of rotatable bonds is 8. The van der Waals surface area contributed by atoms with E-state index >= 15 is 0 Å². The Morgan fingerprint density at radius 3 is 1.39 bits per heavy atom. The van der Waals surface area contributed by atoms with Crippen LogP contribution in [0.4, 0.5) is 51.1 Å². The molecule has 41 heavy (non-hydrogen) atoms. The number of halogens is 9. The summed E-state index contributed by atoms with van der Waals surface area (Å²) < 4.78 is 129. The van der Waals surface area contributed by atoms with Crippen molar-refractivity contribution in [3.63, 3.8) is 0 Å². The molecule has 6 nitrogen and oxygen atoms in total. The van der Waals surface area contributed by atoms with Gasteiger partial charge in [0.1, 0.15) is 13.2 Å². The van der Waals surface area contributed by atoms with Crippen LogP contribution in [0.5, 0.6) is 12.0 Å². The van der Waals surface area contributed by atoms with Crippen LogP contribution in [-0.2, 0) is 31.7 Å². The molecule has 15 heteroatoms. The third-order valence-electron chi connectivity index (χ3n) is 5.42. The van der Waals surface area contributed by atoms with Gasteiger partial charge in [0.05, 0.1) is 16.7 Å². The van der Waals surface area contributed by atoms with Crippen LogP contribution in [-0.4, -0.2) is 15.0 Å². The summed E-state index contributed by atoms with van der Waals surface area (Å²) in [4.78, 5) is 11.6. The van der Waals surface area contributed by atoms with Gasteiger partial charge in [-0.2, -0.15) is 49.5 Å². The molecule has 0 saturated carbocycles. The van der Waals surface area contributed by atoms with Gasteiger partial charge in [-0.25, -0.2) is 0 Å². The lowest BCUT2D eigenvalue weighted by Gasteiger charge is -2.15. The number of aromatic nitrogens is 3. The molecule has 0 atom stereocenters. The van der Waals surface area contributed by atoms with Gasteiger partial charge in [0, 0.05) is 16.8 Å². The van der Waals surface area contributed by atoms with Gasteiger partial charge in [-0.1, -0.05) is 36.4 Å². The molecule has 0 unspecified atom stereocenters. The van der Waals surface area contributed by atoms with Gasteiger partial charge in [-0.05, 0) is 36.4 Å². The Morgan fingerprint density at radius 1 is 0.537 bits per heavy atom. The summed E-state index contributed by atoms with van der Waals surface area (Å²) in [5.41, 5.74) is -3.34. The molecule has 0 aliphatic carbocycles. The molecular weight excluding hydrogens is 571 g/mol. The van der Waals surface area contributed by atoms with E-state index in [1.165, 1.54) is 24.3 Å². The molecule has 0 aliphatic rings. The molecule has 1 heterocycles. The van der Waals surface area contributed by atoms with Crippen molar-refractivity contribution in [3.8, 4) is 12.0 Å². The zero-order chi connectivity index (χ0) is 29.8. The summed E-state index contributed by atoms with van der Waals surface area (Å²) in [6, 6.07) is 11.6. The Kier molecular flexibility index (Phi) is 8.26. The average Bonchev–Trinajstić information content (AvgIpc) is 2.90. The highest BCUT2D eigenvalue weighted by Gasteiger charge is 2.34. The van der Waals surface area contributed by atoms with Crippen LogP contribution >= 0.6 is 0 Å². The van der Waals surface area contributed by atoms with Crippen molar-refractivity contribution in [1.29, 1.82) is 0 Å². The van der Waals surface area contributed by atoms with Crippen LogP contribution in [0.15, 0.2) is 72.8 Å². The molecule has 3 aromatic carbocycles. The quantitative estimate of drug-likeness (QED) is 0.212. The van der Waals surface area contributed by atoms with Crippen LogP contribution in [0, 0.1) is 0 Å². The van der Waals surface area contributed by atoms with Crippen LogP contribution in [0.25, 0.3) is 0 Å². The maximum absolute atomic E-state index is 13.3. The maximum atomic E-state index is 13.3. The molecule has 0 bridgehead atoms. The van der Waals surface area contributed by atoms with Gasteiger partial charge in [-0.3, -0.25) is 0 Å². The number of benzene rings is 3. The zero-order valence-electron chi connectivity index (χ0n) is 20.4. The molecule has 1 aromatic heterocycles.